The minimum absolute atomic E-state index is 0.000349. The molecule has 148 valence electrons. The maximum Gasteiger partial charge on any atom is 0.307 e. The molecule has 8 nitrogen and oxygen atoms in total. The lowest BCUT2D eigenvalue weighted by Gasteiger charge is -2.02. The van der Waals surface area contributed by atoms with Gasteiger partial charge < -0.3 is 20.8 Å². The number of amides is 2. The lowest BCUT2D eigenvalue weighted by Crippen LogP contribution is -2.06. The number of nitrogens with one attached hydrogen (secondary N) is 2. The average molecular weight is 386 g/mol. The van der Waals surface area contributed by atoms with E-state index in [-0.39, 0.29) is 24.7 Å². The lowest BCUT2D eigenvalue weighted by atomic mass is 10.1. The topological polar surface area (TPSA) is 133 Å². The zero-order valence-corrected chi connectivity index (χ0v) is 15.6. The summed E-state index contributed by atoms with van der Waals surface area (Å²) >= 11 is 0. The summed E-state index contributed by atoms with van der Waals surface area (Å²) in [5.74, 6) is -2.01. The molecule has 0 saturated heterocycles. The molecule has 0 fully saturated rings. The molecule has 0 bridgehead atoms. The van der Waals surface area contributed by atoms with Gasteiger partial charge in [-0.2, -0.15) is 0 Å². The van der Waals surface area contributed by atoms with Crippen molar-refractivity contribution >= 4 is 35.1 Å². The van der Waals surface area contributed by atoms with E-state index in [2.05, 4.69) is 10.6 Å². The van der Waals surface area contributed by atoms with Crippen LogP contribution in [0.5, 0.6) is 0 Å². The number of aliphatic carboxylic acids is 2. The third-order valence-corrected chi connectivity index (χ3v) is 3.26. The van der Waals surface area contributed by atoms with Crippen molar-refractivity contribution < 1.29 is 29.4 Å². The van der Waals surface area contributed by atoms with E-state index in [1.165, 1.54) is 13.8 Å². The van der Waals surface area contributed by atoms with E-state index < -0.39 is 11.9 Å². The normalized spacial score (nSPS) is 9.50. The molecule has 0 aliphatic carbocycles. The van der Waals surface area contributed by atoms with Crippen LogP contribution in [-0.4, -0.2) is 34.0 Å². The molecule has 0 radical (unpaired) electrons. The molecule has 0 atom stereocenters. The molecule has 2 aromatic rings. The van der Waals surface area contributed by atoms with Gasteiger partial charge in [-0.3, -0.25) is 19.2 Å². The third-order valence-electron chi connectivity index (χ3n) is 3.26. The molecular formula is C20H22N2O6. The number of carboxylic acid groups (broad SMARTS) is 2. The van der Waals surface area contributed by atoms with Gasteiger partial charge in [-0.25, -0.2) is 0 Å². The molecular weight excluding hydrogens is 364 g/mol. The first-order chi connectivity index (χ1) is 13.2. The SMILES string of the molecule is CC(=O)Nc1ccc(CC(=O)O)cc1.CC(=O)Nc1ccc(CC(=O)O)cc1. The van der Waals surface area contributed by atoms with Crippen LogP contribution in [0, 0.1) is 0 Å². The van der Waals surface area contributed by atoms with E-state index in [1.807, 2.05) is 0 Å². The van der Waals surface area contributed by atoms with Gasteiger partial charge in [0.2, 0.25) is 11.8 Å². The van der Waals surface area contributed by atoms with Gasteiger partial charge in [0.05, 0.1) is 12.8 Å². The number of benzene rings is 2. The van der Waals surface area contributed by atoms with Crippen LogP contribution >= 0.6 is 0 Å². The lowest BCUT2D eigenvalue weighted by molar-refractivity contribution is -0.137. The van der Waals surface area contributed by atoms with Gasteiger partial charge in [-0.15, -0.1) is 0 Å². The van der Waals surface area contributed by atoms with Crippen molar-refractivity contribution in [3.63, 3.8) is 0 Å². The molecule has 0 aliphatic rings. The number of carboxylic acids is 2. The summed E-state index contributed by atoms with van der Waals surface area (Å²) in [5, 5.41) is 22.2. The smallest absolute Gasteiger partial charge is 0.307 e. The molecule has 0 spiro atoms. The Hall–Kier alpha value is -3.68. The van der Waals surface area contributed by atoms with E-state index in [9.17, 15) is 19.2 Å². The fraction of sp³-hybridized carbons (Fsp3) is 0.200. The molecule has 0 heterocycles. The standard InChI is InChI=1S/2C10H11NO3/c2*1-7(12)11-9-4-2-8(3-5-9)6-10(13)14/h2*2-5H,6H2,1H3,(H,11,12)(H,13,14). The van der Waals surface area contributed by atoms with E-state index in [1.54, 1.807) is 48.5 Å². The Morgan fingerprint density at radius 3 is 1.14 bits per heavy atom. The Labute approximate surface area is 162 Å². The molecule has 28 heavy (non-hydrogen) atoms. The van der Waals surface area contributed by atoms with Gasteiger partial charge in [0.15, 0.2) is 0 Å². The fourth-order valence-corrected chi connectivity index (χ4v) is 2.17. The minimum atomic E-state index is -0.864. The number of hydrogen-bond donors (Lipinski definition) is 4. The van der Waals surface area contributed by atoms with Crippen molar-refractivity contribution in [2.45, 2.75) is 26.7 Å². The Balaban J connectivity index is 0.000000280. The summed E-state index contributed by atoms with van der Waals surface area (Å²) < 4.78 is 0. The Morgan fingerprint density at radius 2 is 0.929 bits per heavy atom. The molecule has 4 N–H and O–H groups in total. The highest BCUT2D eigenvalue weighted by Crippen LogP contribution is 2.10. The van der Waals surface area contributed by atoms with E-state index >= 15 is 0 Å². The van der Waals surface area contributed by atoms with Crippen molar-refractivity contribution in [2.24, 2.45) is 0 Å². The highest BCUT2D eigenvalue weighted by molar-refractivity contribution is 5.89. The molecule has 0 saturated carbocycles. The molecule has 2 aromatic carbocycles. The van der Waals surface area contributed by atoms with Crippen LogP contribution in [0.4, 0.5) is 11.4 Å². The summed E-state index contributed by atoms with van der Waals surface area (Å²) in [6, 6.07) is 13.4. The van der Waals surface area contributed by atoms with E-state index in [4.69, 9.17) is 10.2 Å². The Bertz CT molecular complexity index is 687. The molecule has 0 unspecified atom stereocenters. The minimum Gasteiger partial charge on any atom is -0.481 e. The summed E-state index contributed by atoms with van der Waals surface area (Å²) in [5.41, 5.74) is 2.77. The average Bonchev–Trinajstić information content (AvgIpc) is 2.57. The third kappa shape index (κ3) is 9.71. The van der Waals surface area contributed by atoms with E-state index in [0.717, 1.165) is 0 Å². The van der Waals surface area contributed by atoms with Crippen LogP contribution in [0.15, 0.2) is 48.5 Å². The van der Waals surface area contributed by atoms with Crippen molar-refractivity contribution in [2.75, 3.05) is 10.6 Å². The molecule has 2 rings (SSSR count). The molecule has 8 heteroatoms. The number of carbonyl (C=O) groups excluding carboxylic acids is 2. The second-order valence-electron chi connectivity index (χ2n) is 5.90. The van der Waals surface area contributed by atoms with Crippen molar-refractivity contribution in [3.8, 4) is 0 Å². The molecule has 2 amide bonds. The summed E-state index contributed by atoms with van der Waals surface area (Å²) in [7, 11) is 0. The second kappa shape index (κ2) is 11.1. The van der Waals surface area contributed by atoms with Crippen LogP contribution in [0.25, 0.3) is 0 Å². The largest absolute Gasteiger partial charge is 0.481 e. The first-order valence-corrected chi connectivity index (χ1v) is 8.32. The second-order valence-corrected chi connectivity index (χ2v) is 5.90. The fourth-order valence-electron chi connectivity index (χ4n) is 2.17. The maximum absolute atomic E-state index is 10.7. The van der Waals surface area contributed by atoms with Crippen molar-refractivity contribution in [1.29, 1.82) is 0 Å². The van der Waals surface area contributed by atoms with Gasteiger partial charge in [0, 0.05) is 25.2 Å². The first-order valence-electron chi connectivity index (χ1n) is 8.32. The Morgan fingerprint density at radius 1 is 0.643 bits per heavy atom. The highest BCUT2D eigenvalue weighted by Gasteiger charge is 2.01. The quantitative estimate of drug-likeness (QED) is 0.603. The summed E-state index contributed by atoms with van der Waals surface area (Å²) in [6.07, 6.45) is 0.000697. The monoisotopic (exact) mass is 386 g/mol. The number of hydrogen-bond acceptors (Lipinski definition) is 4. The van der Waals surface area contributed by atoms with Crippen molar-refractivity contribution in [3.05, 3.63) is 59.7 Å². The Kier molecular flexibility index (Phi) is 8.88. The van der Waals surface area contributed by atoms with Gasteiger partial charge in [-0.05, 0) is 35.4 Å². The van der Waals surface area contributed by atoms with Gasteiger partial charge in [0.1, 0.15) is 0 Å². The first kappa shape index (κ1) is 22.4. The predicted octanol–water partition coefficient (Wildman–Crippen LogP) is 2.54. The zero-order valence-electron chi connectivity index (χ0n) is 15.6. The highest BCUT2D eigenvalue weighted by atomic mass is 16.4. The molecule has 0 aromatic heterocycles. The van der Waals surface area contributed by atoms with Gasteiger partial charge in [0.25, 0.3) is 0 Å². The molecule has 0 aliphatic heterocycles. The van der Waals surface area contributed by atoms with Gasteiger partial charge in [-0.1, -0.05) is 24.3 Å². The number of rotatable bonds is 6. The van der Waals surface area contributed by atoms with Crippen molar-refractivity contribution in [1.82, 2.24) is 0 Å². The van der Waals surface area contributed by atoms with Crippen LogP contribution in [-0.2, 0) is 32.0 Å². The van der Waals surface area contributed by atoms with Crippen LogP contribution in [0.2, 0.25) is 0 Å². The summed E-state index contributed by atoms with van der Waals surface area (Å²) in [4.78, 5) is 42.1. The van der Waals surface area contributed by atoms with Crippen LogP contribution in [0.3, 0.4) is 0 Å². The maximum atomic E-state index is 10.7. The van der Waals surface area contributed by atoms with E-state index in [0.29, 0.717) is 22.5 Å². The van der Waals surface area contributed by atoms with Crippen LogP contribution < -0.4 is 10.6 Å². The van der Waals surface area contributed by atoms with Gasteiger partial charge >= 0.3 is 11.9 Å². The zero-order chi connectivity index (χ0) is 21.1. The number of carbonyl (C=O) groups is 4. The summed E-state index contributed by atoms with van der Waals surface area (Å²) in [6.45, 7) is 2.84. The predicted molar refractivity (Wildman–Crippen MR) is 104 cm³/mol. The van der Waals surface area contributed by atoms with Crippen LogP contribution in [0.1, 0.15) is 25.0 Å². The number of anilines is 2.